The SMILES string of the molecule is O=C(c1cnn2cc(C3CC3)ccc12)N1CCc2[nH]cnc2[C@@H]1c1cc2cccc(Cl)n2n1. The molecular formula is C24H20ClN7O. The van der Waals surface area contributed by atoms with Crippen LogP contribution in [0.1, 0.15) is 57.8 Å². The van der Waals surface area contributed by atoms with Gasteiger partial charge < -0.3 is 9.88 Å². The number of imidazole rings is 1. The van der Waals surface area contributed by atoms with Crippen LogP contribution in [0.25, 0.3) is 11.0 Å². The topological polar surface area (TPSA) is 83.6 Å². The highest BCUT2D eigenvalue weighted by atomic mass is 35.5. The second kappa shape index (κ2) is 6.92. The zero-order valence-corrected chi connectivity index (χ0v) is 18.4. The Morgan fingerprint density at radius 3 is 2.94 bits per heavy atom. The number of H-pyrrole nitrogens is 1. The van der Waals surface area contributed by atoms with Gasteiger partial charge in [0.25, 0.3) is 5.91 Å². The van der Waals surface area contributed by atoms with E-state index in [1.165, 1.54) is 18.4 Å². The minimum atomic E-state index is -0.413. The molecule has 1 aliphatic heterocycles. The lowest BCUT2D eigenvalue weighted by molar-refractivity contribution is 0.0689. The summed E-state index contributed by atoms with van der Waals surface area (Å²) in [5.74, 6) is 0.551. The molecule has 1 amide bonds. The summed E-state index contributed by atoms with van der Waals surface area (Å²) < 4.78 is 3.51. The smallest absolute Gasteiger partial charge is 0.258 e. The number of nitrogens with one attached hydrogen (secondary N) is 1. The molecule has 1 aliphatic carbocycles. The molecule has 0 radical (unpaired) electrons. The fourth-order valence-corrected chi connectivity index (χ4v) is 5.12. The van der Waals surface area contributed by atoms with Crippen LogP contribution >= 0.6 is 11.6 Å². The average Bonchev–Trinajstić information content (AvgIpc) is 3.22. The molecule has 33 heavy (non-hydrogen) atoms. The largest absolute Gasteiger partial charge is 0.348 e. The van der Waals surface area contributed by atoms with Crippen molar-refractivity contribution >= 4 is 28.5 Å². The number of amides is 1. The minimum absolute atomic E-state index is 0.0778. The first kappa shape index (κ1) is 18.9. The number of carbonyl (C=O) groups is 1. The van der Waals surface area contributed by atoms with E-state index in [0.717, 1.165) is 28.1 Å². The number of fused-ring (bicyclic) bond motifs is 3. The second-order valence-electron chi connectivity index (χ2n) is 8.80. The van der Waals surface area contributed by atoms with E-state index in [9.17, 15) is 4.79 Å². The summed E-state index contributed by atoms with van der Waals surface area (Å²) in [6.07, 6.45) is 8.56. The van der Waals surface area contributed by atoms with Crippen molar-refractivity contribution in [1.82, 2.24) is 34.1 Å². The van der Waals surface area contributed by atoms with Gasteiger partial charge >= 0.3 is 0 Å². The quantitative estimate of drug-likeness (QED) is 0.415. The number of hydrogen-bond donors (Lipinski definition) is 1. The van der Waals surface area contributed by atoms with Crippen molar-refractivity contribution in [3.8, 4) is 0 Å². The Labute approximate surface area is 193 Å². The molecule has 6 heterocycles. The summed E-state index contributed by atoms with van der Waals surface area (Å²) in [4.78, 5) is 23.5. The number of hydrogen-bond acceptors (Lipinski definition) is 4. The van der Waals surface area contributed by atoms with E-state index in [-0.39, 0.29) is 5.91 Å². The van der Waals surface area contributed by atoms with E-state index in [4.69, 9.17) is 16.7 Å². The number of aromatic amines is 1. The van der Waals surface area contributed by atoms with Crippen molar-refractivity contribution in [3.63, 3.8) is 0 Å². The van der Waals surface area contributed by atoms with Crippen molar-refractivity contribution in [2.75, 3.05) is 6.54 Å². The molecular weight excluding hydrogens is 438 g/mol. The molecule has 0 aromatic carbocycles. The third-order valence-electron chi connectivity index (χ3n) is 6.74. The normalized spacial score (nSPS) is 18.2. The first-order valence-corrected chi connectivity index (χ1v) is 11.5. The predicted molar refractivity (Wildman–Crippen MR) is 123 cm³/mol. The molecule has 1 fully saturated rings. The summed E-state index contributed by atoms with van der Waals surface area (Å²) in [6.45, 7) is 0.553. The van der Waals surface area contributed by atoms with Gasteiger partial charge in [-0.2, -0.15) is 10.2 Å². The van der Waals surface area contributed by atoms with Gasteiger partial charge in [-0.3, -0.25) is 4.79 Å². The highest BCUT2D eigenvalue weighted by molar-refractivity contribution is 6.29. The van der Waals surface area contributed by atoms with Crippen LogP contribution in [-0.2, 0) is 6.42 Å². The Morgan fingerprint density at radius 2 is 2.09 bits per heavy atom. The fraction of sp³-hybridized carbons (Fsp3) is 0.250. The van der Waals surface area contributed by atoms with Gasteiger partial charge in [0.1, 0.15) is 11.2 Å². The van der Waals surface area contributed by atoms with Crippen molar-refractivity contribution in [3.05, 3.63) is 88.5 Å². The number of nitrogens with zero attached hydrogens (tertiary/aromatic N) is 6. The zero-order chi connectivity index (χ0) is 22.1. The first-order chi connectivity index (χ1) is 16.2. The van der Waals surface area contributed by atoms with Crippen LogP contribution in [0.5, 0.6) is 0 Å². The fourth-order valence-electron chi connectivity index (χ4n) is 4.91. The van der Waals surface area contributed by atoms with E-state index in [1.807, 2.05) is 39.9 Å². The maximum absolute atomic E-state index is 13.9. The molecule has 0 unspecified atom stereocenters. The van der Waals surface area contributed by atoms with Crippen molar-refractivity contribution in [2.45, 2.75) is 31.2 Å². The maximum Gasteiger partial charge on any atom is 0.258 e. The van der Waals surface area contributed by atoms with Crippen LogP contribution in [0.4, 0.5) is 0 Å². The molecule has 5 aromatic heterocycles. The summed E-state index contributed by atoms with van der Waals surface area (Å²) >= 11 is 6.36. The Bertz CT molecular complexity index is 1540. The summed E-state index contributed by atoms with van der Waals surface area (Å²) in [5, 5.41) is 9.76. The van der Waals surface area contributed by atoms with E-state index in [2.05, 4.69) is 21.1 Å². The van der Waals surface area contributed by atoms with Gasteiger partial charge in [0.05, 0.1) is 40.5 Å². The number of rotatable bonds is 3. The van der Waals surface area contributed by atoms with E-state index in [1.54, 1.807) is 23.1 Å². The van der Waals surface area contributed by atoms with Crippen LogP contribution < -0.4 is 0 Å². The second-order valence-corrected chi connectivity index (χ2v) is 9.18. The Balaban J connectivity index is 1.33. The average molecular weight is 458 g/mol. The molecule has 9 heteroatoms. The lowest BCUT2D eigenvalue weighted by Crippen LogP contribution is -2.41. The van der Waals surface area contributed by atoms with Gasteiger partial charge in [-0.1, -0.05) is 23.7 Å². The molecule has 1 N–H and O–H groups in total. The highest BCUT2D eigenvalue weighted by Gasteiger charge is 2.37. The molecule has 1 atom stereocenters. The lowest BCUT2D eigenvalue weighted by Gasteiger charge is -2.33. The molecule has 8 nitrogen and oxygen atoms in total. The van der Waals surface area contributed by atoms with E-state index in [0.29, 0.717) is 29.6 Å². The first-order valence-electron chi connectivity index (χ1n) is 11.1. The molecule has 5 aromatic rings. The maximum atomic E-state index is 13.9. The van der Waals surface area contributed by atoms with E-state index >= 15 is 0 Å². The van der Waals surface area contributed by atoms with Crippen LogP contribution in [0.3, 0.4) is 0 Å². The molecule has 7 rings (SSSR count). The predicted octanol–water partition coefficient (Wildman–Crippen LogP) is 4.02. The van der Waals surface area contributed by atoms with Gasteiger partial charge in [-0.05, 0) is 48.6 Å². The van der Waals surface area contributed by atoms with Crippen molar-refractivity contribution in [2.24, 2.45) is 0 Å². The van der Waals surface area contributed by atoms with Crippen molar-refractivity contribution < 1.29 is 4.79 Å². The Morgan fingerprint density at radius 1 is 1.18 bits per heavy atom. The number of aromatic nitrogens is 6. The molecule has 0 saturated heterocycles. The summed E-state index contributed by atoms with van der Waals surface area (Å²) in [5.41, 5.74) is 6.14. The van der Waals surface area contributed by atoms with Gasteiger partial charge in [-0.15, -0.1) is 0 Å². The van der Waals surface area contributed by atoms with Crippen molar-refractivity contribution in [1.29, 1.82) is 0 Å². The van der Waals surface area contributed by atoms with Crippen LogP contribution in [-0.4, -0.2) is 46.5 Å². The van der Waals surface area contributed by atoms with Crippen LogP contribution in [0.15, 0.2) is 55.1 Å². The summed E-state index contributed by atoms with van der Waals surface area (Å²) in [7, 11) is 0. The Hall–Kier alpha value is -3.65. The lowest BCUT2D eigenvalue weighted by atomic mass is 9.98. The highest BCUT2D eigenvalue weighted by Crippen LogP contribution is 2.40. The zero-order valence-electron chi connectivity index (χ0n) is 17.6. The molecule has 0 bridgehead atoms. The molecule has 2 aliphatic rings. The number of halogens is 1. The number of pyridine rings is 2. The monoisotopic (exact) mass is 457 g/mol. The third kappa shape index (κ3) is 2.90. The summed E-state index contributed by atoms with van der Waals surface area (Å²) in [6, 6.07) is 11.3. The van der Waals surface area contributed by atoms with E-state index < -0.39 is 6.04 Å². The van der Waals surface area contributed by atoms with Gasteiger partial charge in [-0.25, -0.2) is 14.0 Å². The number of carbonyl (C=O) groups excluding carboxylic acids is 1. The molecule has 0 spiro atoms. The van der Waals surface area contributed by atoms with Crippen LogP contribution in [0.2, 0.25) is 5.15 Å². The Kier molecular flexibility index (Phi) is 3.96. The molecule has 164 valence electrons. The van der Waals surface area contributed by atoms with Gasteiger partial charge in [0.2, 0.25) is 0 Å². The minimum Gasteiger partial charge on any atom is -0.348 e. The molecule has 1 saturated carbocycles. The van der Waals surface area contributed by atoms with Gasteiger partial charge in [0, 0.05) is 24.9 Å². The third-order valence-corrected chi connectivity index (χ3v) is 7.03. The van der Waals surface area contributed by atoms with Gasteiger partial charge in [0.15, 0.2) is 0 Å². The van der Waals surface area contributed by atoms with Crippen LogP contribution in [0, 0.1) is 0 Å². The standard InChI is InChI=1S/C24H20ClN7O/c25-21-3-1-2-16-10-19(29-32(16)21)23-22-18(26-13-27-22)8-9-30(23)24(33)17-11-28-31-12-15(14-4-5-14)6-7-20(17)31/h1-3,6-7,10-14,23H,4-5,8-9H2,(H,26,27)/t23-/m0/s1.